The third-order valence-corrected chi connectivity index (χ3v) is 4.93. The minimum Gasteiger partial charge on any atom is -0.459 e. The van der Waals surface area contributed by atoms with E-state index in [-0.39, 0.29) is 11.5 Å². The average molecular weight is 461 g/mol. The van der Waals surface area contributed by atoms with Crippen molar-refractivity contribution in [2.24, 2.45) is 0 Å². The predicted octanol–water partition coefficient (Wildman–Crippen LogP) is 5.60. The van der Waals surface area contributed by atoms with Crippen LogP contribution in [-0.2, 0) is 4.79 Å². The molecule has 0 aliphatic carbocycles. The summed E-state index contributed by atoms with van der Waals surface area (Å²) in [5.74, 6) is -0.825. The summed E-state index contributed by atoms with van der Waals surface area (Å²) in [6, 6.07) is 24.0. The van der Waals surface area contributed by atoms with Crippen molar-refractivity contribution >= 4 is 50.3 Å². The zero-order chi connectivity index (χ0) is 20.9. The Hall–Kier alpha value is -3.64. The number of furan rings is 1. The second-order valence-corrected chi connectivity index (χ2v) is 7.44. The Morgan fingerprint density at radius 2 is 1.70 bits per heavy atom. The minimum atomic E-state index is -0.505. The third-order valence-electron chi connectivity index (χ3n) is 4.44. The zero-order valence-corrected chi connectivity index (χ0v) is 17.3. The first-order chi connectivity index (χ1) is 14.6. The van der Waals surface area contributed by atoms with Crippen LogP contribution in [0.15, 0.2) is 99.7 Å². The molecule has 5 nitrogen and oxygen atoms in total. The number of anilines is 1. The van der Waals surface area contributed by atoms with Crippen LogP contribution >= 0.6 is 15.9 Å². The first-order valence-electron chi connectivity index (χ1n) is 9.21. The van der Waals surface area contributed by atoms with Crippen molar-refractivity contribution in [2.75, 3.05) is 5.32 Å². The van der Waals surface area contributed by atoms with E-state index in [1.807, 2.05) is 66.7 Å². The van der Waals surface area contributed by atoms with Crippen LogP contribution in [0.4, 0.5) is 5.69 Å². The summed E-state index contributed by atoms with van der Waals surface area (Å²) < 4.78 is 6.01. The molecule has 3 aromatic carbocycles. The minimum absolute atomic E-state index is 0.0995. The van der Waals surface area contributed by atoms with Gasteiger partial charge in [-0.3, -0.25) is 9.59 Å². The van der Waals surface area contributed by atoms with E-state index in [1.165, 1.54) is 12.3 Å². The van der Waals surface area contributed by atoms with Crippen molar-refractivity contribution in [1.82, 2.24) is 5.32 Å². The fourth-order valence-corrected chi connectivity index (χ4v) is 3.45. The van der Waals surface area contributed by atoms with Gasteiger partial charge in [0.2, 0.25) is 0 Å². The number of halogens is 1. The van der Waals surface area contributed by atoms with Crippen LogP contribution in [0.3, 0.4) is 0 Å². The molecule has 0 saturated carbocycles. The molecule has 0 aliphatic heterocycles. The smallest absolute Gasteiger partial charge is 0.291 e. The number of hydrogen-bond acceptors (Lipinski definition) is 3. The fourth-order valence-electron chi connectivity index (χ4n) is 3.04. The van der Waals surface area contributed by atoms with Gasteiger partial charge in [-0.05, 0) is 47.4 Å². The second kappa shape index (κ2) is 8.80. The fraction of sp³-hybridized carbons (Fsp3) is 0. The van der Waals surface area contributed by atoms with Crippen LogP contribution < -0.4 is 10.6 Å². The third kappa shape index (κ3) is 4.50. The monoisotopic (exact) mass is 460 g/mol. The maximum absolute atomic E-state index is 13.1. The lowest BCUT2D eigenvalue weighted by atomic mass is 10.1. The normalized spacial score (nSPS) is 11.3. The molecule has 2 N–H and O–H groups in total. The van der Waals surface area contributed by atoms with E-state index in [4.69, 9.17) is 4.42 Å². The molecule has 148 valence electrons. The van der Waals surface area contributed by atoms with Crippen LogP contribution in [0.1, 0.15) is 16.1 Å². The molecule has 4 aromatic rings. The van der Waals surface area contributed by atoms with Crippen LogP contribution in [0.5, 0.6) is 0 Å². The molecule has 0 atom stereocenters. The Kier molecular flexibility index (Phi) is 5.77. The summed E-state index contributed by atoms with van der Waals surface area (Å²) >= 11 is 3.42. The number of carbonyl (C=O) groups is 2. The molecule has 0 aliphatic rings. The summed E-state index contributed by atoms with van der Waals surface area (Å²) in [4.78, 5) is 25.6. The molecule has 2 amide bonds. The number of rotatable bonds is 5. The van der Waals surface area contributed by atoms with Gasteiger partial charge < -0.3 is 15.1 Å². The van der Waals surface area contributed by atoms with Crippen molar-refractivity contribution in [2.45, 2.75) is 0 Å². The van der Waals surface area contributed by atoms with Gasteiger partial charge >= 0.3 is 0 Å². The molecule has 0 spiro atoms. The van der Waals surface area contributed by atoms with E-state index in [0.29, 0.717) is 5.69 Å². The van der Waals surface area contributed by atoms with Gasteiger partial charge in [-0.1, -0.05) is 64.5 Å². The van der Waals surface area contributed by atoms with Crippen molar-refractivity contribution < 1.29 is 14.0 Å². The van der Waals surface area contributed by atoms with Gasteiger partial charge in [0, 0.05) is 15.5 Å². The molecular formula is C24H17BrN2O3. The van der Waals surface area contributed by atoms with Gasteiger partial charge in [-0.25, -0.2) is 0 Å². The Balaban J connectivity index is 1.67. The Morgan fingerprint density at radius 3 is 2.50 bits per heavy atom. The van der Waals surface area contributed by atoms with Crippen molar-refractivity contribution in [3.8, 4) is 0 Å². The maximum Gasteiger partial charge on any atom is 0.291 e. The van der Waals surface area contributed by atoms with Crippen molar-refractivity contribution in [3.63, 3.8) is 0 Å². The van der Waals surface area contributed by atoms with E-state index in [0.717, 1.165) is 20.8 Å². The number of amides is 2. The van der Waals surface area contributed by atoms with Crippen LogP contribution in [0, 0.1) is 0 Å². The predicted molar refractivity (Wildman–Crippen MR) is 121 cm³/mol. The van der Waals surface area contributed by atoms with Gasteiger partial charge in [0.25, 0.3) is 11.8 Å². The van der Waals surface area contributed by atoms with Crippen LogP contribution in [0.2, 0.25) is 0 Å². The SMILES string of the molecule is O=C(Nc1cccc2ccccc12)/C(=C/c1cccc(Br)c1)NC(=O)c1ccco1. The van der Waals surface area contributed by atoms with Crippen molar-refractivity contribution in [3.05, 3.63) is 107 Å². The lowest BCUT2D eigenvalue weighted by Gasteiger charge is -2.12. The van der Waals surface area contributed by atoms with E-state index >= 15 is 0 Å². The van der Waals surface area contributed by atoms with E-state index in [1.54, 1.807) is 12.1 Å². The summed E-state index contributed by atoms with van der Waals surface area (Å²) in [5.41, 5.74) is 1.51. The first kappa shape index (κ1) is 19.7. The first-order valence-corrected chi connectivity index (χ1v) is 10.0. The van der Waals surface area contributed by atoms with Crippen LogP contribution in [-0.4, -0.2) is 11.8 Å². The molecule has 1 heterocycles. The average Bonchev–Trinajstić information content (AvgIpc) is 3.29. The summed E-state index contributed by atoms with van der Waals surface area (Å²) in [6.07, 6.45) is 3.02. The number of carbonyl (C=O) groups excluding carboxylic acids is 2. The topological polar surface area (TPSA) is 71.3 Å². The second-order valence-electron chi connectivity index (χ2n) is 6.53. The van der Waals surface area contributed by atoms with E-state index < -0.39 is 11.8 Å². The number of hydrogen-bond donors (Lipinski definition) is 2. The molecule has 0 radical (unpaired) electrons. The maximum atomic E-state index is 13.1. The lowest BCUT2D eigenvalue weighted by Crippen LogP contribution is -2.30. The molecule has 30 heavy (non-hydrogen) atoms. The van der Waals surface area contributed by atoms with Gasteiger partial charge in [0.1, 0.15) is 5.70 Å². The summed E-state index contributed by atoms with van der Waals surface area (Å²) in [7, 11) is 0. The molecule has 6 heteroatoms. The van der Waals surface area contributed by atoms with Crippen molar-refractivity contribution in [1.29, 1.82) is 0 Å². The lowest BCUT2D eigenvalue weighted by molar-refractivity contribution is -0.113. The molecule has 4 rings (SSSR count). The Morgan fingerprint density at radius 1 is 0.900 bits per heavy atom. The van der Waals surface area contributed by atoms with Gasteiger partial charge in [0.15, 0.2) is 5.76 Å². The highest BCUT2D eigenvalue weighted by Crippen LogP contribution is 2.23. The van der Waals surface area contributed by atoms with Gasteiger partial charge in [0.05, 0.1) is 6.26 Å². The van der Waals surface area contributed by atoms with Gasteiger partial charge in [-0.2, -0.15) is 0 Å². The molecule has 0 unspecified atom stereocenters. The highest BCUT2D eigenvalue weighted by molar-refractivity contribution is 9.10. The highest BCUT2D eigenvalue weighted by atomic mass is 79.9. The number of nitrogens with one attached hydrogen (secondary N) is 2. The molecule has 0 fully saturated rings. The largest absolute Gasteiger partial charge is 0.459 e. The standard InChI is InChI=1S/C24H17BrN2O3/c25-18-9-3-6-16(14-18)15-21(27-24(29)22-12-5-13-30-22)23(28)26-20-11-4-8-17-7-1-2-10-19(17)20/h1-15H,(H,26,28)(H,27,29)/b21-15-. The molecule has 0 bridgehead atoms. The highest BCUT2D eigenvalue weighted by Gasteiger charge is 2.17. The Bertz CT molecular complexity index is 1240. The molecular weight excluding hydrogens is 444 g/mol. The quantitative estimate of drug-likeness (QED) is 0.380. The molecule has 0 saturated heterocycles. The Labute approximate surface area is 181 Å². The number of benzene rings is 3. The summed E-state index contributed by atoms with van der Waals surface area (Å²) in [6.45, 7) is 0. The molecule has 1 aromatic heterocycles. The zero-order valence-electron chi connectivity index (χ0n) is 15.8. The number of fused-ring (bicyclic) bond motifs is 1. The van der Waals surface area contributed by atoms with Gasteiger partial charge in [-0.15, -0.1) is 0 Å². The van der Waals surface area contributed by atoms with E-state index in [9.17, 15) is 9.59 Å². The van der Waals surface area contributed by atoms with Crippen LogP contribution in [0.25, 0.3) is 16.8 Å². The summed E-state index contributed by atoms with van der Waals surface area (Å²) in [5, 5.41) is 7.48. The van der Waals surface area contributed by atoms with E-state index in [2.05, 4.69) is 26.6 Å².